The van der Waals surface area contributed by atoms with Crippen LogP contribution in [0.3, 0.4) is 0 Å². The highest BCUT2D eigenvalue weighted by atomic mass is 35.5. The lowest BCUT2D eigenvalue weighted by atomic mass is 9.88. The van der Waals surface area contributed by atoms with Crippen molar-refractivity contribution in [2.24, 2.45) is 0 Å². The van der Waals surface area contributed by atoms with Gasteiger partial charge in [-0.2, -0.15) is 15.2 Å². The van der Waals surface area contributed by atoms with E-state index in [0.29, 0.717) is 44.8 Å². The molecule has 2 aromatic carbocycles. The van der Waals surface area contributed by atoms with Crippen molar-refractivity contribution in [3.8, 4) is 12.1 Å². The van der Waals surface area contributed by atoms with Gasteiger partial charge in [0.05, 0.1) is 35.8 Å². The van der Waals surface area contributed by atoms with E-state index in [0.717, 1.165) is 77.3 Å². The fraction of sp³-hybridized carbons (Fsp3) is 0.486. The fourth-order valence-electron chi connectivity index (χ4n) is 7.59. The van der Waals surface area contributed by atoms with Crippen molar-refractivity contribution in [3.05, 3.63) is 64.8 Å². The monoisotopic (exact) mass is 643 g/mol. The second-order valence-corrected chi connectivity index (χ2v) is 13.4. The number of ether oxygens (including phenoxy) is 1. The van der Waals surface area contributed by atoms with Crippen LogP contribution in [0.1, 0.15) is 43.4 Å². The number of halogens is 2. The topological polar surface area (TPSA) is 88.8 Å². The molecule has 3 aliphatic heterocycles. The lowest BCUT2D eigenvalue weighted by Gasteiger charge is -2.43. The van der Waals surface area contributed by atoms with Crippen LogP contribution in [0, 0.1) is 11.3 Å². The number of likely N-dealkylation sites (N-methyl/N-ethyl adjacent to an activating group) is 1. The van der Waals surface area contributed by atoms with Gasteiger partial charge in [0.1, 0.15) is 19.1 Å². The Balaban J connectivity index is 1.26. The molecular formula is C35H39ClFN7O2. The minimum atomic E-state index is -0.703. The molecular weight excluding hydrogens is 605 g/mol. The molecule has 240 valence electrons. The molecule has 3 fully saturated rings. The number of hydrogen-bond donors (Lipinski definition) is 0. The minimum Gasteiger partial charge on any atom is -0.462 e. The summed E-state index contributed by atoms with van der Waals surface area (Å²) in [4.78, 5) is 31.7. The summed E-state index contributed by atoms with van der Waals surface area (Å²) in [5, 5.41) is 12.5. The lowest BCUT2D eigenvalue weighted by Crippen LogP contribution is -2.55. The number of nitriles is 1. The zero-order chi connectivity index (χ0) is 31.8. The fourth-order valence-corrected chi connectivity index (χ4v) is 7.87. The van der Waals surface area contributed by atoms with Crippen LogP contribution >= 0.6 is 11.6 Å². The molecule has 2 atom stereocenters. The van der Waals surface area contributed by atoms with Crippen LogP contribution in [0.15, 0.2) is 48.6 Å². The van der Waals surface area contributed by atoms with Gasteiger partial charge in [-0.25, -0.2) is 4.39 Å². The van der Waals surface area contributed by atoms with Gasteiger partial charge in [0, 0.05) is 60.3 Å². The molecule has 1 aromatic heterocycles. The first-order valence-corrected chi connectivity index (χ1v) is 16.6. The zero-order valence-corrected chi connectivity index (χ0v) is 26.9. The normalized spacial score (nSPS) is 22.4. The van der Waals surface area contributed by atoms with Crippen LogP contribution in [-0.2, 0) is 16.8 Å². The summed E-state index contributed by atoms with van der Waals surface area (Å²) in [6, 6.07) is 14.9. The Kier molecular flexibility index (Phi) is 8.47. The molecule has 1 amide bonds. The molecule has 0 N–H and O–H groups in total. The van der Waals surface area contributed by atoms with Gasteiger partial charge in [-0.1, -0.05) is 35.9 Å². The number of fused-ring (bicyclic) bond motifs is 3. The van der Waals surface area contributed by atoms with Crippen molar-refractivity contribution in [1.82, 2.24) is 19.8 Å². The van der Waals surface area contributed by atoms with E-state index >= 15 is 0 Å². The third-order valence-electron chi connectivity index (χ3n) is 10.2. The van der Waals surface area contributed by atoms with Gasteiger partial charge in [-0.15, -0.1) is 0 Å². The van der Waals surface area contributed by atoms with E-state index in [1.165, 1.54) is 12.2 Å². The summed E-state index contributed by atoms with van der Waals surface area (Å²) in [7, 11) is 2.13. The van der Waals surface area contributed by atoms with Crippen LogP contribution < -0.4 is 14.5 Å². The summed E-state index contributed by atoms with van der Waals surface area (Å²) in [5.41, 5.74) is 3.10. The zero-order valence-electron chi connectivity index (χ0n) is 26.2. The highest BCUT2D eigenvalue weighted by Gasteiger charge is 2.53. The number of likely N-dealkylation sites (tertiary alicyclic amines) is 1. The van der Waals surface area contributed by atoms with Gasteiger partial charge in [-0.05, 0) is 62.9 Å². The molecule has 46 heavy (non-hydrogen) atoms. The molecule has 7 rings (SSSR count). The first-order chi connectivity index (χ1) is 22.4. The number of carbonyl (C=O) groups is 1. The summed E-state index contributed by atoms with van der Waals surface area (Å²) >= 11 is 6.78. The van der Waals surface area contributed by atoms with Crippen LogP contribution in [0.4, 0.5) is 15.9 Å². The van der Waals surface area contributed by atoms with E-state index < -0.39 is 6.67 Å². The van der Waals surface area contributed by atoms with Gasteiger partial charge >= 0.3 is 6.01 Å². The number of nitrogens with zero attached hydrogens (tertiary/aromatic N) is 7. The molecule has 2 saturated heterocycles. The van der Waals surface area contributed by atoms with Gasteiger partial charge < -0.3 is 24.3 Å². The number of allylic oxidation sites excluding steroid dienone is 1. The Morgan fingerprint density at radius 1 is 1.15 bits per heavy atom. The van der Waals surface area contributed by atoms with Gasteiger partial charge in [-0.3, -0.25) is 4.79 Å². The van der Waals surface area contributed by atoms with Crippen LogP contribution in [-0.4, -0.2) is 90.8 Å². The molecule has 9 nitrogen and oxygen atoms in total. The largest absolute Gasteiger partial charge is 0.462 e. The molecule has 0 unspecified atom stereocenters. The number of rotatable bonds is 8. The minimum absolute atomic E-state index is 0.113. The molecule has 1 saturated carbocycles. The molecule has 1 spiro atoms. The molecule has 4 aliphatic rings. The van der Waals surface area contributed by atoms with Crippen LogP contribution in [0.5, 0.6) is 6.01 Å². The number of hydrogen-bond acceptors (Lipinski definition) is 8. The molecule has 4 heterocycles. The van der Waals surface area contributed by atoms with Crippen LogP contribution in [0.25, 0.3) is 10.8 Å². The second kappa shape index (κ2) is 12.7. The number of amides is 1. The smallest absolute Gasteiger partial charge is 0.318 e. The van der Waals surface area contributed by atoms with Crippen molar-refractivity contribution in [2.45, 2.75) is 56.1 Å². The summed E-state index contributed by atoms with van der Waals surface area (Å²) in [6.45, 7) is 3.69. The maximum Gasteiger partial charge on any atom is 0.318 e. The average molecular weight is 644 g/mol. The predicted octanol–water partition coefficient (Wildman–Crippen LogP) is 5.26. The van der Waals surface area contributed by atoms with E-state index in [-0.39, 0.29) is 23.8 Å². The Bertz CT molecular complexity index is 1700. The maximum atomic E-state index is 12.9. The number of carbonyl (C=O) groups excluding carboxylic acids is 1. The van der Waals surface area contributed by atoms with E-state index in [4.69, 9.17) is 26.3 Å². The lowest BCUT2D eigenvalue weighted by molar-refractivity contribution is -0.128. The highest BCUT2D eigenvalue weighted by molar-refractivity contribution is 6.36. The number of aromatic nitrogens is 2. The number of anilines is 2. The van der Waals surface area contributed by atoms with Gasteiger partial charge in [0.15, 0.2) is 0 Å². The van der Waals surface area contributed by atoms with E-state index in [1.54, 1.807) is 4.90 Å². The summed E-state index contributed by atoms with van der Waals surface area (Å²) < 4.78 is 19.1. The highest BCUT2D eigenvalue weighted by Crippen LogP contribution is 2.56. The first-order valence-electron chi connectivity index (χ1n) is 16.2. The van der Waals surface area contributed by atoms with E-state index in [2.05, 4.69) is 52.1 Å². The number of alkyl halides is 1. The average Bonchev–Trinajstić information content (AvgIpc) is 3.70. The first kappa shape index (κ1) is 30.7. The van der Waals surface area contributed by atoms with E-state index in [1.807, 2.05) is 12.1 Å². The van der Waals surface area contributed by atoms with Crippen molar-refractivity contribution < 1.29 is 13.9 Å². The van der Waals surface area contributed by atoms with Crippen molar-refractivity contribution in [1.29, 1.82) is 5.26 Å². The third-order valence-corrected chi connectivity index (χ3v) is 10.5. The quantitative estimate of drug-likeness (QED) is 0.307. The number of piperazine rings is 1. The van der Waals surface area contributed by atoms with Crippen molar-refractivity contribution >= 4 is 39.8 Å². The predicted molar refractivity (Wildman–Crippen MR) is 177 cm³/mol. The van der Waals surface area contributed by atoms with Crippen LogP contribution in [0.2, 0.25) is 5.02 Å². The second-order valence-electron chi connectivity index (χ2n) is 13.0. The molecule has 0 bridgehead atoms. The Morgan fingerprint density at radius 3 is 2.72 bits per heavy atom. The Morgan fingerprint density at radius 2 is 1.98 bits per heavy atom. The van der Waals surface area contributed by atoms with Gasteiger partial charge in [0.25, 0.3) is 0 Å². The molecule has 1 aliphatic carbocycles. The molecule has 3 aromatic rings. The Labute approximate surface area is 274 Å². The number of benzene rings is 2. The van der Waals surface area contributed by atoms with Crippen molar-refractivity contribution in [2.75, 3.05) is 62.9 Å². The van der Waals surface area contributed by atoms with Crippen molar-refractivity contribution in [3.63, 3.8) is 0 Å². The summed E-state index contributed by atoms with van der Waals surface area (Å²) in [6.07, 6.45) is 6.93. The molecule has 11 heteroatoms. The standard InChI is InChI=1S/C35H39ClFN7O2/c1-41-17-5-8-26(41)22-46-34-39-28-21-43(29-10-3-7-24-6-2-9-27(36)31(24)29)23-35(13-14-35)32(28)33(40-34)42-18-19-44(25(20-42)12-16-38)30(45)11-4-15-37/h2-4,6-7,9-11,25-26H,5,8,12-15,17-23H2,1H3/b11-4+/t25-,26-/m0/s1. The van der Waals surface area contributed by atoms with Gasteiger partial charge in [0.2, 0.25) is 5.91 Å². The summed E-state index contributed by atoms with van der Waals surface area (Å²) in [5.74, 6) is 0.581. The Hall–Kier alpha value is -3.94. The SMILES string of the molecule is CN1CCC[C@H]1COc1nc2c(c(N3CCN(C(=O)/C=C/CF)[C@@H](CC#N)C3)n1)C1(CC1)CN(c1cccc3cccc(Cl)c13)C2. The molecule has 0 radical (unpaired) electrons. The third kappa shape index (κ3) is 5.75. The van der Waals surface area contributed by atoms with E-state index in [9.17, 15) is 14.4 Å². The maximum absolute atomic E-state index is 12.9.